The number of amides is 1. The maximum atomic E-state index is 11.7. The summed E-state index contributed by atoms with van der Waals surface area (Å²) in [7, 11) is 0. The fourth-order valence-corrected chi connectivity index (χ4v) is 2.01. The first-order valence-electron chi connectivity index (χ1n) is 6.21. The molecule has 96 valence electrons. The number of hydrogen-bond donors (Lipinski definition) is 1. The standard InChI is InChI=1S/C13H17N3O2/c1-2-14-13(18)12-9-10(3-6-15-12)16-7-4-11(17)5-8-16/h3,6,9H,2,4-5,7-8H2,1H3,(H,14,18). The van der Waals surface area contributed by atoms with Crippen LogP contribution in [0.2, 0.25) is 0 Å². The van der Waals surface area contributed by atoms with Crippen molar-refractivity contribution in [2.45, 2.75) is 19.8 Å². The molecule has 0 unspecified atom stereocenters. The number of carbonyl (C=O) groups is 2. The summed E-state index contributed by atoms with van der Waals surface area (Å²) in [6.45, 7) is 3.90. The van der Waals surface area contributed by atoms with Crippen LogP contribution in [-0.2, 0) is 4.79 Å². The Labute approximate surface area is 106 Å². The van der Waals surface area contributed by atoms with Crippen LogP contribution in [-0.4, -0.2) is 36.3 Å². The molecule has 2 heterocycles. The molecular weight excluding hydrogens is 230 g/mol. The first-order chi connectivity index (χ1) is 8.70. The van der Waals surface area contributed by atoms with Crippen molar-refractivity contribution in [2.24, 2.45) is 0 Å². The number of aromatic nitrogens is 1. The van der Waals surface area contributed by atoms with E-state index in [4.69, 9.17) is 0 Å². The van der Waals surface area contributed by atoms with E-state index in [1.165, 1.54) is 0 Å². The Morgan fingerprint density at radius 1 is 1.44 bits per heavy atom. The second kappa shape index (κ2) is 5.62. The largest absolute Gasteiger partial charge is 0.371 e. The Morgan fingerprint density at radius 3 is 2.83 bits per heavy atom. The van der Waals surface area contributed by atoms with Gasteiger partial charge in [0.25, 0.3) is 5.91 Å². The number of piperidine rings is 1. The van der Waals surface area contributed by atoms with Crippen molar-refractivity contribution in [1.82, 2.24) is 10.3 Å². The lowest BCUT2D eigenvalue weighted by molar-refractivity contribution is -0.119. The third-order valence-electron chi connectivity index (χ3n) is 3.00. The van der Waals surface area contributed by atoms with Gasteiger partial charge in [-0.25, -0.2) is 0 Å². The Balaban J connectivity index is 2.12. The van der Waals surface area contributed by atoms with E-state index in [9.17, 15) is 9.59 Å². The number of anilines is 1. The fourth-order valence-electron chi connectivity index (χ4n) is 2.01. The van der Waals surface area contributed by atoms with Gasteiger partial charge >= 0.3 is 0 Å². The molecule has 1 saturated heterocycles. The number of pyridine rings is 1. The summed E-state index contributed by atoms with van der Waals surface area (Å²) in [5, 5.41) is 2.72. The van der Waals surface area contributed by atoms with Gasteiger partial charge in [0.2, 0.25) is 0 Å². The summed E-state index contributed by atoms with van der Waals surface area (Å²) in [5.74, 6) is 0.150. The van der Waals surface area contributed by atoms with Gasteiger partial charge in [-0.1, -0.05) is 0 Å². The molecule has 0 saturated carbocycles. The van der Waals surface area contributed by atoms with Crippen LogP contribution >= 0.6 is 0 Å². The predicted octanol–water partition coefficient (Wildman–Crippen LogP) is 1.00. The lowest BCUT2D eigenvalue weighted by Crippen LogP contribution is -2.34. The van der Waals surface area contributed by atoms with Crippen LogP contribution in [0.5, 0.6) is 0 Å². The quantitative estimate of drug-likeness (QED) is 0.865. The lowest BCUT2D eigenvalue weighted by atomic mass is 10.1. The highest BCUT2D eigenvalue weighted by Crippen LogP contribution is 2.18. The number of nitrogens with one attached hydrogen (secondary N) is 1. The zero-order valence-corrected chi connectivity index (χ0v) is 10.5. The Hall–Kier alpha value is -1.91. The molecule has 0 bridgehead atoms. The number of nitrogens with zero attached hydrogens (tertiary/aromatic N) is 2. The molecule has 18 heavy (non-hydrogen) atoms. The van der Waals surface area contributed by atoms with E-state index in [0.29, 0.717) is 30.9 Å². The molecule has 1 N–H and O–H groups in total. The van der Waals surface area contributed by atoms with E-state index in [0.717, 1.165) is 18.8 Å². The molecule has 1 aliphatic heterocycles. The zero-order valence-electron chi connectivity index (χ0n) is 10.5. The number of carbonyl (C=O) groups excluding carboxylic acids is 2. The number of ketones is 1. The minimum absolute atomic E-state index is 0.160. The summed E-state index contributed by atoms with van der Waals surface area (Å²) >= 11 is 0. The van der Waals surface area contributed by atoms with Crippen molar-refractivity contribution in [2.75, 3.05) is 24.5 Å². The van der Waals surface area contributed by atoms with Crippen molar-refractivity contribution in [3.8, 4) is 0 Å². The van der Waals surface area contributed by atoms with Gasteiger partial charge in [-0.3, -0.25) is 14.6 Å². The molecule has 2 rings (SSSR count). The van der Waals surface area contributed by atoms with E-state index in [2.05, 4.69) is 15.2 Å². The monoisotopic (exact) mass is 247 g/mol. The molecule has 1 aromatic heterocycles. The smallest absolute Gasteiger partial charge is 0.269 e. The lowest BCUT2D eigenvalue weighted by Gasteiger charge is -2.28. The van der Waals surface area contributed by atoms with Crippen molar-refractivity contribution in [3.05, 3.63) is 24.0 Å². The van der Waals surface area contributed by atoms with Gasteiger partial charge in [0.1, 0.15) is 11.5 Å². The van der Waals surface area contributed by atoms with Gasteiger partial charge in [-0.2, -0.15) is 0 Å². The van der Waals surface area contributed by atoms with Crippen molar-refractivity contribution < 1.29 is 9.59 Å². The van der Waals surface area contributed by atoms with Gasteiger partial charge in [0.15, 0.2) is 0 Å². The SMILES string of the molecule is CCNC(=O)c1cc(N2CCC(=O)CC2)ccn1. The predicted molar refractivity (Wildman–Crippen MR) is 68.7 cm³/mol. The maximum absolute atomic E-state index is 11.7. The van der Waals surface area contributed by atoms with E-state index in [-0.39, 0.29) is 5.91 Å². The Morgan fingerprint density at radius 2 is 2.17 bits per heavy atom. The number of rotatable bonds is 3. The van der Waals surface area contributed by atoms with Crippen molar-refractivity contribution in [1.29, 1.82) is 0 Å². The molecule has 5 nitrogen and oxygen atoms in total. The van der Waals surface area contributed by atoms with E-state index < -0.39 is 0 Å². The molecule has 0 radical (unpaired) electrons. The first kappa shape index (κ1) is 12.5. The summed E-state index contributed by atoms with van der Waals surface area (Å²) < 4.78 is 0. The van der Waals surface area contributed by atoms with Gasteiger partial charge in [-0.15, -0.1) is 0 Å². The molecule has 1 fully saturated rings. The molecule has 0 aromatic carbocycles. The second-order valence-corrected chi connectivity index (χ2v) is 4.28. The van der Waals surface area contributed by atoms with Crippen LogP contribution in [0.15, 0.2) is 18.3 Å². The molecule has 1 aromatic rings. The second-order valence-electron chi connectivity index (χ2n) is 4.28. The van der Waals surface area contributed by atoms with Gasteiger partial charge in [-0.05, 0) is 19.1 Å². The van der Waals surface area contributed by atoms with Crippen LogP contribution in [0.25, 0.3) is 0 Å². The van der Waals surface area contributed by atoms with Crippen LogP contribution in [0, 0.1) is 0 Å². The van der Waals surface area contributed by atoms with E-state index in [1.807, 2.05) is 13.0 Å². The summed E-state index contributed by atoms with van der Waals surface area (Å²) in [6.07, 6.45) is 2.80. The maximum Gasteiger partial charge on any atom is 0.269 e. The number of hydrogen-bond acceptors (Lipinski definition) is 4. The van der Waals surface area contributed by atoms with Crippen LogP contribution < -0.4 is 10.2 Å². The van der Waals surface area contributed by atoms with Gasteiger partial charge in [0.05, 0.1) is 0 Å². The minimum Gasteiger partial charge on any atom is -0.371 e. The third-order valence-corrected chi connectivity index (χ3v) is 3.00. The fraction of sp³-hybridized carbons (Fsp3) is 0.462. The van der Waals surface area contributed by atoms with Crippen LogP contribution in [0.1, 0.15) is 30.3 Å². The molecule has 1 amide bonds. The summed E-state index contributed by atoms with van der Waals surface area (Å²) in [6, 6.07) is 3.65. The van der Waals surface area contributed by atoms with Gasteiger partial charge in [0, 0.05) is 44.4 Å². The summed E-state index contributed by atoms with van der Waals surface area (Å²) in [5.41, 5.74) is 1.38. The highest BCUT2D eigenvalue weighted by atomic mass is 16.1. The van der Waals surface area contributed by atoms with E-state index >= 15 is 0 Å². The van der Waals surface area contributed by atoms with E-state index in [1.54, 1.807) is 12.3 Å². The average Bonchev–Trinajstić information content (AvgIpc) is 2.40. The third kappa shape index (κ3) is 2.85. The number of Topliss-reactive ketones (excluding diaryl/α,β-unsaturated/α-hetero) is 1. The minimum atomic E-state index is -0.160. The Bertz CT molecular complexity index is 449. The molecule has 1 aliphatic rings. The molecule has 0 atom stereocenters. The van der Waals surface area contributed by atoms with Crippen LogP contribution in [0.3, 0.4) is 0 Å². The zero-order chi connectivity index (χ0) is 13.0. The highest BCUT2D eigenvalue weighted by Gasteiger charge is 2.17. The van der Waals surface area contributed by atoms with Crippen molar-refractivity contribution in [3.63, 3.8) is 0 Å². The van der Waals surface area contributed by atoms with Gasteiger partial charge < -0.3 is 10.2 Å². The molecule has 5 heteroatoms. The van der Waals surface area contributed by atoms with Crippen molar-refractivity contribution >= 4 is 17.4 Å². The topological polar surface area (TPSA) is 62.3 Å². The molecular formula is C13H17N3O2. The Kier molecular flexibility index (Phi) is 3.92. The average molecular weight is 247 g/mol. The highest BCUT2D eigenvalue weighted by molar-refractivity contribution is 5.93. The normalized spacial score (nSPS) is 15.6. The molecule has 0 aliphatic carbocycles. The first-order valence-corrected chi connectivity index (χ1v) is 6.21. The summed E-state index contributed by atoms with van der Waals surface area (Å²) in [4.78, 5) is 29.1. The van der Waals surface area contributed by atoms with Crippen LogP contribution in [0.4, 0.5) is 5.69 Å². The molecule has 0 spiro atoms.